The van der Waals surface area contributed by atoms with Crippen LogP contribution in [0, 0.1) is 5.92 Å². The van der Waals surface area contributed by atoms with Gasteiger partial charge in [0.05, 0.1) is 6.10 Å². The predicted molar refractivity (Wildman–Crippen MR) is 50.1 cm³/mol. The lowest BCUT2D eigenvalue weighted by atomic mass is 10.3. The van der Waals surface area contributed by atoms with Crippen LogP contribution in [-0.2, 0) is 0 Å². The van der Waals surface area contributed by atoms with Crippen molar-refractivity contribution >= 4 is 0 Å². The first-order valence-electron chi connectivity index (χ1n) is 4.65. The van der Waals surface area contributed by atoms with E-state index in [2.05, 4.69) is 12.2 Å². The molecule has 0 amide bonds. The summed E-state index contributed by atoms with van der Waals surface area (Å²) < 4.78 is 0. The van der Waals surface area contributed by atoms with E-state index < -0.39 is 0 Å². The molecule has 0 radical (unpaired) electrons. The third-order valence-corrected chi connectivity index (χ3v) is 2.30. The van der Waals surface area contributed by atoms with Gasteiger partial charge in [-0.25, -0.2) is 0 Å². The summed E-state index contributed by atoms with van der Waals surface area (Å²) in [6.07, 6.45) is 1.04. The molecule has 0 spiro atoms. The van der Waals surface area contributed by atoms with Crippen LogP contribution in [-0.4, -0.2) is 49.3 Å². The maximum absolute atomic E-state index is 9.48. The molecule has 3 unspecified atom stereocenters. The molecule has 0 aromatic heterocycles. The van der Waals surface area contributed by atoms with E-state index in [1.165, 1.54) is 6.42 Å². The Bertz CT molecular complexity index is 138. The Labute approximate surface area is 74.8 Å². The Morgan fingerprint density at radius 1 is 1.58 bits per heavy atom. The van der Waals surface area contributed by atoms with Crippen molar-refractivity contribution in [2.45, 2.75) is 25.5 Å². The summed E-state index contributed by atoms with van der Waals surface area (Å²) in [6, 6.07) is 0.668. The highest BCUT2D eigenvalue weighted by Crippen LogP contribution is 2.28. The molecule has 3 heteroatoms. The van der Waals surface area contributed by atoms with Crippen LogP contribution in [0.4, 0.5) is 0 Å². The minimum Gasteiger partial charge on any atom is -0.390 e. The molecule has 0 bridgehead atoms. The zero-order valence-corrected chi connectivity index (χ0v) is 8.25. The van der Waals surface area contributed by atoms with Crippen LogP contribution in [0.2, 0.25) is 0 Å². The second-order valence-corrected chi connectivity index (χ2v) is 4.14. The summed E-state index contributed by atoms with van der Waals surface area (Å²) in [5, 5.41) is 12.8. The van der Waals surface area contributed by atoms with Crippen molar-refractivity contribution in [2.75, 3.05) is 27.2 Å². The number of aliphatic hydroxyl groups is 1. The van der Waals surface area contributed by atoms with Gasteiger partial charge in [0.15, 0.2) is 0 Å². The smallest absolute Gasteiger partial charge is 0.0791 e. The third kappa shape index (κ3) is 3.52. The van der Waals surface area contributed by atoms with Gasteiger partial charge in [0.25, 0.3) is 0 Å². The molecule has 1 rings (SSSR count). The van der Waals surface area contributed by atoms with Crippen molar-refractivity contribution in [3.05, 3.63) is 0 Å². The summed E-state index contributed by atoms with van der Waals surface area (Å²) in [5.74, 6) is 0.816. The SMILES string of the molecule is CC1CC1NCC(O)CN(C)C. The summed E-state index contributed by atoms with van der Waals surface area (Å²) in [4.78, 5) is 2.00. The van der Waals surface area contributed by atoms with Gasteiger partial charge in [-0.3, -0.25) is 0 Å². The van der Waals surface area contributed by atoms with Gasteiger partial charge in [0, 0.05) is 19.1 Å². The Balaban J connectivity index is 1.98. The van der Waals surface area contributed by atoms with Crippen molar-refractivity contribution in [3.63, 3.8) is 0 Å². The number of hydrogen-bond acceptors (Lipinski definition) is 3. The van der Waals surface area contributed by atoms with E-state index in [4.69, 9.17) is 0 Å². The second-order valence-electron chi connectivity index (χ2n) is 4.14. The molecule has 12 heavy (non-hydrogen) atoms. The van der Waals surface area contributed by atoms with E-state index >= 15 is 0 Å². The first kappa shape index (κ1) is 9.96. The van der Waals surface area contributed by atoms with Crippen molar-refractivity contribution < 1.29 is 5.11 Å². The van der Waals surface area contributed by atoms with Crippen LogP contribution >= 0.6 is 0 Å². The second kappa shape index (κ2) is 4.21. The first-order valence-corrected chi connectivity index (χ1v) is 4.65. The molecular weight excluding hydrogens is 152 g/mol. The molecular formula is C9H20N2O. The number of rotatable bonds is 5. The monoisotopic (exact) mass is 172 g/mol. The molecule has 2 N–H and O–H groups in total. The minimum absolute atomic E-state index is 0.229. The van der Waals surface area contributed by atoms with Gasteiger partial charge >= 0.3 is 0 Å². The van der Waals surface area contributed by atoms with Gasteiger partial charge in [-0.05, 0) is 26.4 Å². The third-order valence-electron chi connectivity index (χ3n) is 2.30. The van der Waals surface area contributed by atoms with E-state index in [0.29, 0.717) is 6.04 Å². The lowest BCUT2D eigenvalue weighted by Gasteiger charge is -2.16. The highest BCUT2D eigenvalue weighted by Gasteiger charge is 2.32. The molecule has 1 fully saturated rings. The van der Waals surface area contributed by atoms with Gasteiger partial charge in [0.1, 0.15) is 0 Å². The van der Waals surface area contributed by atoms with E-state index in [0.717, 1.165) is 19.0 Å². The van der Waals surface area contributed by atoms with Crippen LogP contribution in [0.5, 0.6) is 0 Å². The van der Waals surface area contributed by atoms with Gasteiger partial charge in [-0.1, -0.05) is 6.92 Å². The fourth-order valence-electron chi connectivity index (χ4n) is 1.38. The molecule has 0 aromatic rings. The Morgan fingerprint density at radius 3 is 2.58 bits per heavy atom. The minimum atomic E-state index is -0.229. The standard InChI is InChI=1S/C9H20N2O/c1-7-4-9(7)10-5-8(12)6-11(2)3/h7-10,12H,4-6H2,1-3H3. The Kier molecular flexibility index (Phi) is 3.50. The van der Waals surface area contributed by atoms with E-state index in [1.807, 2.05) is 19.0 Å². The number of nitrogens with zero attached hydrogens (tertiary/aromatic N) is 1. The summed E-state index contributed by atoms with van der Waals surface area (Å²) in [7, 11) is 3.95. The van der Waals surface area contributed by atoms with Gasteiger partial charge in [-0.15, -0.1) is 0 Å². The van der Waals surface area contributed by atoms with Crippen molar-refractivity contribution in [1.82, 2.24) is 10.2 Å². The molecule has 0 saturated heterocycles. The summed E-state index contributed by atoms with van der Waals surface area (Å²) in [6.45, 7) is 3.71. The van der Waals surface area contributed by atoms with Crippen LogP contribution in [0.3, 0.4) is 0 Å². The molecule has 0 aromatic carbocycles. The van der Waals surface area contributed by atoms with Crippen LogP contribution in [0.15, 0.2) is 0 Å². The lowest BCUT2D eigenvalue weighted by molar-refractivity contribution is 0.134. The molecule has 1 aliphatic rings. The number of nitrogens with one attached hydrogen (secondary N) is 1. The maximum atomic E-state index is 9.48. The number of hydrogen-bond donors (Lipinski definition) is 2. The zero-order valence-electron chi connectivity index (χ0n) is 8.25. The topological polar surface area (TPSA) is 35.5 Å². The Morgan fingerprint density at radius 2 is 2.17 bits per heavy atom. The Hall–Kier alpha value is -0.120. The summed E-state index contributed by atoms with van der Waals surface area (Å²) in [5.41, 5.74) is 0. The van der Waals surface area contributed by atoms with Gasteiger partial charge in [0.2, 0.25) is 0 Å². The maximum Gasteiger partial charge on any atom is 0.0791 e. The average molecular weight is 172 g/mol. The van der Waals surface area contributed by atoms with E-state index in [-0.39, 0.29) is 6.10 Å². The average Bonchev–Trinajstić information content (AvgIpc) is 2.61. The molecule has 0 aliphatic heterocycles. The number of likely N-dealkylation sites (N-methyl/N-ethyl adjacent to an activating group) is 1. The molecule has 3 nitrogen and oxygen atoms in total. The first-order chi connectivity index (χ1) is 5.59. The fraction of sp³-hybridized carbons (Fsp3) is 1.00. The molecule has 1 aliphatic carbocycles. The quantitative estimate of drug-likeness (QED) is 0.608. The fourth-order valence-corrected chi connectivity index (χ4v) is 1.38. The van der Waals surface area contributed by atoms with Crippen molar-refractivity contribution in [3.8, 4) is 0 Å². The van der Waals surface area contributed by atoms with Gasteiger partial charge in [-0.2, -0.15) is 0 Å². The summed E-state index contributed by atoms with van der Waals surface area (Å²) >= 11 is 0. The van der Waals surface area contributed by atoms with E-state index in [1.54, 1.807) is 0 Å². The van der Waals surface area contributed by atoms with Crippen LogP contribution in [0.25, 0.3) is 0 Å². The molecule has 1 saturated carbocycles. The molecule has 72 valence electrons. The van der Waals surface area contributed by atoms with Crippen molar-refractivity contribution in [1.29, 1.82) is 0 Å². The molecule has 3 atom stereocenters. The van der Waals surface area contributed by atoms with Gasteiger partial charge < -0.3 is 15.3 Å². The molecule has 0 heterocycles. The normalized spacial score (nSPS) is 30.8. The zero-order chi connectivity index (χ0) is 9.14. The highest BCUT2D eigenvalue weighted by atomic mass is 16.3. The van der Waals surface area contributed by atoms with Crippen molar-refractivity contribution in [2.24, 2.45) is 5.92 Å². The van der Waals surface area contributed by atoms with Crippen LogP contribution < -0.4 is 5.32 Å². The highest BCUT2D eigenvalue weighted by molar-refractivity contribution is 4.90. The largest absolute Gasteiger partial charge is 0.390 e. The number of aliphatic hydroxyl groups excluding tert-OH is 1. The van der Waals surface area contributed by atoms with Crippen LogP contribution in [0.1, 0.15) is 13.3 Å². The lowest BCUT2D eigenvalue weighted by Crippen LogP contribution is -2.36. The predicted octanol–water partition coefficient (Wildman–Crippen LogP) is -0.0931. The van der Waals surface area contributed by atoms with E-state index in [9.17, 15) is 5.11 Å².